The summed E-state index contributed by atoms with van der Waals surface area (Å²) in [5, 5.41) is 2.87. The quantitative estimate of drug-likeness (QED) is 0.786. The van der Waals surface area contributed by atoms with Gasteiger partial charge in [0.1, 0.15) is 18.2 Å². The van der Waals surface area contributed by atoms with Crippen LogP contribution in [0.15, 0.2) is 40.2 Å². The molecule has 0 saturated heterocycles. The first-order chi connectivity index (χ1) is 10.9. The molecule has 0 aliphatic carbocycles. The zero-order chi connectivity index (χ0) is 16.8. The van der Waals surface area contributed by atoms with Crippen LogP contribution in [0.1, 0.15) is 11.8 Å². The van der Waals surface area contributed by atoms with Gasteiger partial charge in [-0.2, -0.15) is 0 Å². The number of amides is 2. The second-order valence-electron chi connectivity index (χ2n) is 5.18. The highest BCUT2D eigenvalue weighted by Crippen LogP contribution is 2.22. The number of rotatable bonds is 6. The molecule has 2 aromatic rings. The first kappa shape index (κ1) is 17.7. The minimum absolute atomic E-state index is 0.162. The standard InChI is InChI=1S/C16H18BrFN2O2S/c1-11(10-22-13-5-3-12(18)4-6-13)19-16(21)20(2)9-14-7-8-15(17)23-14/h3-8,11H,9-10H2,1-2H3,(H,19,21)/t11-/m0/s1. The van der Waals surface area contributed by atoms with Crippen LogP contribution in [-0.4, -0.2) is 30.6 Å². The first-order valence-electron chi connectivity index (χ1n) is 7.08. The summed E-state index contributed by atoms with van der Waals surface area (Å²) in [5.74, 6) is 0.268. The molecule has 1 N–H and O–H groups in total. The van der Waals surface area contributed by atoms with E-state index in [0.29, 0.717) is 18.9 Å². The number of hydrogen-bond acceptors (Lipinski definition) is 3. The maximum atomic E-state index is 12.8. The lowest BCUT2D eigenvalue weighted by Gasteiger charge is -2.21. The number of carbonyl (C=O) groups is 1. The van der Waals surface area contributed by atoms with E-state index in [4.69, 9.17) is 4.74 Å². The number of nitrogens with one attached hydrogen (secondary N) is 1. The fourth-order valence-corrected chi connectivity index (χ4v) is 3.39. The van der Waals surface area contributed by atoms with Crippen molar-refractivity contribution in [3.05, 3.63) is 50.9 Å². The summed E-state index contributed by atoms with van der Waals surface area (Å²) in [4.78, 5) is 14.8. The van der Waals surface area contributed by atoms with E-state index in [1.807, 2.05) is 19.1 Å². The molecular weight excluding hydrogens is 383 g/mol. The Morgan fingerprint density at radius 2 is 2.04 bits per heavy atom. The first-order valence-corrected chi connectivity index (χ1v) is 8.69. The molecule has 1 aromatic carbocycles. The molecule has 4 nitrogen and oxygen atoms in total. The molecule has 0 radical (unpaired) electrons. The van der Waals surface area contributed by atoms with Crippen molar-refractivity contribution in [1.29, 1.82) is 0 Å². The summed E-state index contributed by atoms with van der Waals surface area (Å²) < 4.78 is 19.4. The molecule has 1 atom stereocenters. The number of ether oxygens (including phenoxy) is 1. The third kappa shape index (κ3) is 5.84. The Balaban J connectivity index is 1.76. The number of benzene rings is 1. The molecule has 0 fully saturated rings. The van der Waals surface area contributed by atoms with Crippen molar-refractivity contribution >= 4 is 33.3 Å². The highest BCUT2D eigenvalue weighted by molar-refractivity contribution is 9.11. The average Bonchev–Trinajstić information content (AvgIpc) is 2.91. The molecule has 2 amide bonds. The lowest BCUT2D eigenvalue weighted by Crippen LogP contribution is -2.43. The van der Waals surface area contributed by atoms with Crippen molar-refractivity contribution in [2.24, 2.45) is 0 Å². The third-order valence-corrected chi connectivity index (χ3v) is 4.66. The van der Waals surface area contributed by atoms with E-state index in [2.05, 4.69) is 21.2 Å². The number of nitrogens with zero attached hydrogens (tertiary/aromatic N) is 1. The Morgan fingerprint density at radius 1 is 1.35 bits per heavy atom. The van der Waals surface area contributed by atoms with Gasteiger partial charge in [-0.1, -0.05) is 0 Å². The fraction of sp³-hybridized carbons (Fsp3) is 0.312. The zero-order valence-electron chi connectivity index (χ0n) is 12.9. The molecule has 124 valence electrons. The van der Waals surface area contributed by atoms with Crippen molar-refractivity contribution in [1.82, 2.24) is 10.2 Å². The van der Waals surface area contributed by atoms with Gasteiger partial charge in [-0.25, -0.2) is 9.18 Å². The van der Waals surface area contributed by atoms with E-state index < -0.39 is 0 Å². The van der Waals surface area contributed by atoms with Crippen LogP contribution in [0.25, 0.3) is 0 Å². The van der Waals surface area contributed by atoms with Crippen LogP contribution in [0.5, 0.6) is 5.75 Å². The molecule has 1 heterocycles. The summed E-state index contributed by atoms with van der Waals surface area (Å²) in [6.45, 7) is 2.72. The predicted molar refractivity (Wildman–Crippen MR) is 93.4 cm³/mol. The van der Waals surface area contributed by atoms with Gasteiger partial charge >= 0.3 is 6.03 Å². The van der Waals surface area contributed by atoms with E-state index in [-0.39, 0.29) is 17.9 Å². The van der Waals surface area contributed by atoms with E-state index >= 15 is 0 Å². The molecule has 23 heavy (non-hydrogen) atoms. The van der Waals surface area contributed by atoms with Crippen molar-refractivity contribution in [2.45, 2.75) is 19.5 Å². The van der Waals surface area contributed by atoms with Crippen LogP contribution < -0.4 is 10.1 Å². The van der Waals surface area contributed by atoms with Gasteiger partial charge in [-0.05, 0) is 59.3 Å². The molecule has 0 spiro atoms. The van der Waals surface area contributed by atoms with E-state index in [1.54, 1.807) is 35.4 Å². The molecular formula is C16H18BrFN2O2S. The van der Waals surface area contributed by atoms with E-state index in [0.717, 1.165) is 8.66 Å². The lowest BCUT2D eigenvalue weighted by molar-refractivity contribution is 0.195. The molecule has 0 bridgehead atoms. The Hall–Kier alpha value is -1.60. The van der Waals surface area contributed by atoms with Gasteiger partial charge in [0, 0.05) is 11.9 Å². The maximum absolute atomic E-state index is 12.8. The van der Waals surface area contributed by atoms with Crippen LogP contribution in [0, 0.1) is 5.82 Å². The topological polar surface area (TPSA) is 41.6 Å². The second-order valence-corrected chi connectivity index (χ2v) is 7.72. The van der Waals surface area contributed by atoms with Gasteiger partial charge < -0.3 is 15.0 Å². The summed E-state index contributed by atoms with van der Waals surface area (Å²) in [7, 11) is 1.75. The van der Waals surface area contributed by atoms with Gasteiger partial charge in [0.05, 0.1) is 16.4 Å². The predicted octanol–water partition coefficient (Wildman–Crippen LogP) is 4.26. The van der Waals surface area contributed by atoms with Gasteiger partial charge in [0.25, 0.3) is 0 Å². The highest BCUT2D eigenvalue weighted by atomic mass is 79.9. The van der Waals surface area contributed by atoms with E-state index in [1.165, 1.54) is 12.1 Å². The van der Waals surface area contributed by atoms with Crippen LogP contribution in [-0.2, 0) is 6.54 Å². The Morgan fingerprint density at radius 3 is 2.65 bits per heavy atom. The van der Waals surface area contributed by atoms with Crippen molar-refractivity contribution in [3.8, 4) is 5.75 Å². The zero-order valence-corrected chi connectivity index (χ0v) is 15.3. The molecule has 7 heteroatoms. The number of halogens is 2. The molecule has 0 aliphatic rings. The second kappa shape index (κ2) is 8.31. The SMILES string of the molecule is C[C@@H](COc1ccc(F)cc1)NC(=O)N(C)Cc1ccc(Br)s1. The fourth-order valence-electron chi connectivity index (χ4n) is 1.86. The Labute approximate surface area is 147 Å². The molecule has 0 aliphatic heterocycles. The minimum atomic E-state index is -0.305. The summed E-state index contributed by atoms with van der Waals surface area (Å²) in [6.07, 6.45) is 0. The van der Waals surface area contributed by atoms with Crippen LogP contribution in [0.3, 0.4) is 0 Å². The molecule has 1 aromatic heterocycles. The molecule has 0 unspecified atom stereocenters. The monoisotopic (exact) mass is 400 g/mol. The highest BCUT2D eigenvalue weighted by Gasteiger charge is 2.13. The summed E-state index contributed by atoms with van der Waals surface area (Å²) in [6, 6.07) is 9.42. The number of hydrogen-bond donors (Lipinski definition) is 1. The van der Waals surface area contributed by atoms with Crippen LogP contribution >= 0.6 is 27.3 Å². The Kier molecular flexibility index (Phi) is 6.41. The number of carbonyl (C=O) groups excluding carboxylic acids is 1. The van der Waals surface area contributed by atoms with E-state index in [9.17, 15) is 9.18 Å². The van der Waals surface area contributed by atoms with Crippen molar-refractivity contribution in [2.75, 3.05) is 13.7 Å². The van der Waals surface area contributed by atoms with Crippen molar-refractivity contribution < 1.29 is 13.9 Å². The molecule has 2 rings (SSSR count). The third-order valence-electron chi connectivity index (χ3n) is 3.05. The van der Waals surface area contributed by atoms with Gasteiger partial charge in [-0.15, -0.1) is 11.3 Å². The van der Waals surface area contributed by atoms with Crippen LogP contribution in [0.2, 0.25) is 0 Å². The maximum Gasteiger partial charge on any atom is 0.317 e. The van der Waals surface area contributed by atoms with Crippen LogP contribution in [0.4, 0.5) is 9.18 Å². The average molecular weight is 401 g/mol. The lowest BCUT2D eigenvalue weighted by atomic mass is 10.3. The molecule has 0 saturated carbocycles. The minimum Gasteiger partial charge on any atom is -0.491 e. The van der Waals surface area contributed by atoms with Crippen molar-refractivity contribution in [3.63, 3.8) is 0 Å². The largest absolute Gasteiger partial charge is 0.491 e. The van der Waals surface area contributed by atoms with Gasteiger partial charge in [0.2, 0.25) is 0 Å². The number of thiophene rings is 1. The normalized spacial score (nSPS) is 11.8. The van der Waals surface area contributed by atoms with Gasteiger partial charge in [-0.3, -0.25) is 0 Å². The Bertz CT molecular complexity index is 648. The van der Waals surface area contributed by atoms with Gasteiger partial charge in [0.15, 0.2) is 0 Å². The smallest absolute Gasteiger partial charge is 0.317 e. The summed E-state index contributed by atoms with van der Waals surface area (Å²) >= 11 is 5.01. The summed E-state index contributed by atoms with van der Waals surface area (Å²) in [5.41, 5.74) is 0. The number of urea groups is 1.